The second-order valence-corrected chi connectivity index (χ2v) is 2.86. The number of aromatic nitrogens is 1. The Morgan fingerprint density at radius 2 is 2.08 bits per heavy atom. The molecule has 0 radical (unpaired) electrons. The first kappa shape index (κ1) is 9.99. The normalized spacial score (nSPS) is 10.1. The van der Waals surface area contributed by atoms with E-state index in [1.165, 1.54) is 0 Å². The number of hydrogen-bond donors (Lipinski definition) is 1. The van der Waals surface area contributed by atoms with Crippen LogP contribution in [0.2, 0.25) is 0 Å². The Bertz CT molecular complexity index is 256. The Morgan fingerprint density at radius 3 is 2.62 bits per heavy atom. The standard InChI is InChI=1S/C10H17N3/c1-3-13(4-2)10-9(8-11)6-5-7-12-10/h5-7H,3-4,8,11H2,1-2H3. The maximum Gasteiger partial charge on any atom is 0.132 e. The average Bonchev–Trinajstić information content (AvgIpc) is 2.20. The highest BCUT2D eigenvalue weighted by Crippen LogP contribution is 2.15. The van der Waals surface area contributed by atoms with Gasteiger partial charge in [0.15, 0.2) is 0 Å². The SMILES string of the molecule is CCN(CC)c1ncccc1CN. The number of hydrogen-bond acceptors (Lipinski definition) is 3. The van der Waals surface area contributed by atoms with Gasteiger partial charge in [-0.15, -0.1) is 0 Å². The number of nitrogens with zero attached hydrogens (tertiary/aromatic N) is 2. The molecule has 0 fully saturated rings. The molecule has 1 aromatic rings. The third kappa shape index (κ3) is 2.18. The van der Waals surface area contributed by atoms with Crippen molar-refractivity contribution in [3.05, 3.63) is 23.9 Å². The molecule has 0 amide bonds. The molecule has 0 aliphatic carbocycles. The third-order valence-electron chi connectivity index (χ3n) is 2.15. The van der Waals surface area contributed by atoms with Crippen molar-refractivity contribution in [2.45, 2.75) is 20.4 Å². The van der Waals surface area contributed by atoms with Crippen molar-refractivity contribution in [2.75, 3.05) is 18.0 Å². The molecule has 0 saturated heterocycles. The summed E-state index contributed by atoms with van der Waals surface area (Å²) in [5.74, 6) is 1.02. The highest BCUT2D eigenvalue weighted by Gasteiger charge is 2.06. The monoisotopic (exact) mass is 179 g/mol. The molecular formula is C10H17N3. The summed E-state index contributed by atoms with van der Waals surface area (Å²) in [6.07, 6.45) is 1.81. The predicted molar refractivity (Wildman–Crippen MR) is 55.7 cm³/mol. The van der Waals surface area contributed by atoms with E-state index in [0.717, 1.165) is 24.5 Å². The highest BCUT2D eigenvalue weighted by atomic mass is 15.2. The maximum atomic E-state index is 5.63. The second kappa shape index (κ2) is 4.82. The van der Waals surface area contributed by atoms with E-state index in [9.17, 15) is 0 Å². The largest absolute Gasteiger partial charge is 0.357 e. The first-order chi connectivity index (χ1) is 6.33. The van der Waals surface area contributed by atoms with Crippen molar-refractivity contribution < 1.29 is 0 Å². The van der Waals surface area contributed by atoms with Gasteiger partial charge in [0.1, 0.15) is 5.82 Å². The van der Waals surface area contributed by atoms with Crippen LogP contribution in [0.25, 0.3) is 0 Å². The first-order valence-corrected chi connectivity index (χ1v) is 4.72. The molecule has 0 aliphatic rings. The van der Waals surface area contributed by atoms with Gasteiger partial charge in [-0.05, 0) is 19.9 Å². The molecular weight excluding hydrogens is 162 g/mol. The van der Waals surface area contributed by atoms with Crippen LogP contribution in [-0.4, -0.2) is 18.1 Å². The number of rotatable bonds is 4. The van der Waals surface area contributed by atoms with Crippen LogP contribution in [0.1, 0.15) is 19.4 Å². The summed E-state index contributed by atoms with van der Waals surface area (Å²) in [6.45, 7) is 6.75. The lowest BCUT2D eigenvalue weighted by Gasteiger charge is -2.21. The fourth-order valence-corrected chi connectivity index (χ4v) is 1.40. The van der Waals surface area contributed by atoms with E-state index in [-0.39, 0.29) is 0 Å². The van der Waals surface area contributed by atoms with Gasteiger partial charge >= 0.3 is 0 Å². The van der Waals surface area contributed by atoms with Crippen molar-refractivity contribution >= 4 is 5.82 Å². The molecule has 3 heteroatoms. The van der Waals surface area contributed by atoms with Gasteiger partial charge in [-0.25, -0.2) is 4.98 Å². The van der Waals surface area contributed by atoms with Crippen molar-refractivity contribution in [1.29, 1.82) is 0 Å². The Hall–Kier alpha value is -1.09. The molecule has 13 heavy (non-hydrogen) atoms. The second-order valence-electron chi connectivity index (χ2n) is 2.86. The Labute approximate surface area is 79.6 Å². The molecule has 0 spiro atoms. The Kier molecular flexibility index (Phi) is 3.71. The van der Waals surface area contributed by atoms with Gasteiger partial charge < -0.3 is 10.6 Å². The maximum absolute atomic E-state index is 5.63. The molecule has 2 N–H and O–H groups in total. The lowest BCUT2D eigenvalue weighted by atomic mass is 10.2. The third-order valence-corrected chi connectivity index (χ3v) is 2.15. The Balaban J connectivity index is 2.96. The molecule has 0 unspecified atom stereocenters. The van der Waals surface area contributed by atoms with Crippen LogP contribution in [0.5, 0.6) is 0 Å². The predicted octanol–water partition coefficient (Wildman–Crippen LogP) is 1.39. The van der Waals surface area contributed by atoms with Gasteiger partial charge in [-0.3, -0.25) is 0 Å². The van der Waals surface area contributed by atoms with E-state index in [0.29, 0.717) is 6.54 Å². The van der Waals surface area contributed by atoms with Crippen molar-refractivity contribution in [1.82, 2.24) is 4.98 Å². The van der Waals surface area contributed by atoms with Crippen molar-refractivity contribution in [2.24, 2.45) is 5.73 Å². The van der Waals surface area contributed by atoms with Crippen LogP contribution < -0.4 is 10.6 Å². The minimum absolute atomic E-state index is 0.555. The highest BCUT2D eigenvalue weighted by molar-refractivity contribution is 5.46. The molecule has 0 bridgehead atoms. The van der Waals surface area contributed by atoms with Gasteiger partial charge in [-0.2, -0.15) is 0 Å². The summed E-state index contributed by atoms with van der Waals surface area (Å²) in [5, 5.41) is 0. The fraction of sp³-hybridized carbons (Fsp3) is 0.500. The molecule has 1 aromatic heterocycles. The van der Waals surface area contributed by atoms with Crippen molar-refractivity contribution in [3.63, 3.8) is 0 Å². The van der Waals surface area contributed by atoms with Crippen LogP contribution in [-0.2, 0) is 6.54 Å². The molecule has 3 nitrogen and oxygen atoms in total. The zero-order valence-corrected chi connectivity index (χ0v) is 8.33. The number of nitrogens with two attached hydrogens (primary N) is 1. The van der Waals surface area contributed by atoms with Crippen LogP contribution in [0.3, 0.4) is 0 Å². The minimum Gasteiger partial charge on any atom is -0.357 e. The van der Waals surface area contributed by atoms with E-state index in [2.05, 4.69) is 23.7 Å². The topological polar surface area (TPSA) is 42.2 Å². The van der Waals surface area contributed by atoms with Gasteiger partial charge in [0.2, 0.25) is 0 Å². The number of pyridine rings is 1. The van der Waals surface area contributed by atoms with E-state index in [1.807, 2.05) is 18.3 Å². The molecule has 1 heterocycles. The Morgan fingerprint density at radius 1 is 1.38 bits per heavy atom. The van der Waals surface area contributed by atoms with E-state index < -0.39 is 0 Å². The van der Waals surface area contributed by atoms with Gasteiger partial charge in [-0.1, -0.05) is 6.07 Å². The average molecular weight is 179 g/mol. The first-order valence-electron chi connectivity index (χ1n) is 4.72. The molecule has 72 valence electrons. The summed E-state index contributed by atoms with van der Waals surface area (Å²) in [6, 6.07) is 3.95. The lowest BCUT2D eigenvalue weighted by molar-refractivity contribution is 0.831. The van der Waals surface area contributed by atoms with E-state index in [4.69, 9.17) is 5.73 Å². The van der Waals surface area contributed by atoms with Crippen LogP contribution in [0.4, 0.5) is 5.82 Å². The number of anilines is 1. The zero-order chi connectivity index (χ0) is 9.68. The summed E-state index contributed by atoms with van der Waals surface area (Å²) < 4.78 is 0. The summed E-state index contributed by atoms with van der Waals surface area (Å²) in [4.78, 5) is 6.55. The molecule has 0 aromatic carbocycles. The lowest BCUT2D eigenvalue weighted by Crippen LogP contribution is -2.24. The summed E-state index contributed by atoms with van der Waals surface area (Å²) in [5.41, 5.74) is 6.75. The molecule has 1 rings (SSSR count). The fourth-order valence-electron chi connectivity index (χ4n) is 1.40. The van der Waals surface area contributed by atoms with E-state index in [1.54, 1.807) is 0 Å². The van der Waals surface area contributed by atoms with Crippen LogP contribution >= 0.6 is 0 Å². The molecule has 0 aliphatic heterocycles. The summed E-state index contributed by atoms with van der Waals surface area (Å²) in [7, 11) is 0. The summed E-state index contributed by atoms with van der Waals surface area (Å²) >= 11 is 0. The van der Waals surface area contributed by atoms with Crippen LogP contribution in [0.15, 0.2) is 18.3 Å². The van der Waals surface area contributed by atoms with Crippen molar-refractivity contribution in [3.8, 4) is 0 Å². The molecule has 0 atom stereocenters. The van der Waals surface area contributed by atoms with Crippen LogP contribution in [0, 0.1) is 0 Å². The van der Waals surface area contributed by atoms with E-state index >= 15 is 0 Å². The smallest absolute Gasteiger partial charge is 0.132 e. The van der Waals surface area contributed by atoms with Gasteiger partial charge in [0, 0.05) is 31.4 Å². The zero-order valence-electron chi connectivity index (χ0n) is 8.33. The quantitative estimate of drug-likeness (QED) is 0.759. The minimum atomic E-state index is 0.555. The van der Waals surface area contributed by atoms with Gasteiger partial charge in [0.25, 0.3) is 0 Å². The van der Waals surface area contributed by atoms with Gasteiger partial charge in [0.05, 0.1) is 0 Å². The molecule has 0 saturated carbocycles.